The van der Waals surface area contributed by atoms with Crippen LogP contribution in [0.1, 0.15) is 44.9 Å². The zero-order valence-corrected chi connectivity index (χ0v) is 22.0. The smallest absolute Gasteiger partial charge is 0.416 e. The van der Waals surface area contributed by atoms with Gasteiger partial charge in [0.1, 0.15) is 17.0 Å². The van der Waals surface area contributed by atoms with Crippen LogP contribution in [0, 0.1) is 5.92 Å². The zero-order chi connectivity index (χ0) is 27.5. The first-order valence-corrected chi connectivity index (χ1v) is 12.5. The Balaban J connectivity index is 1.65. The van der Waals surface area contributed by atoms with E-state index in [1.165, 1.54) is 13.2 Å². The van der Waals surface area contributed by atoms with Crippen molar-refractivity contribution in [3.8, 4) is 17.0 Å². The summed E-state index contributed by atoms with van der Waals surface area (Å²) in [6.07, 6.45) is -2.44. The Bertz CT molecular complexity index is 1290. The molecule has 1 amide bonds. The molecule has 3 aromatic rings. The van der Waals surface area contributed by atoms with Crippen LogP contribution in [0.4, 0.5) is 18.0 Å². The third kappa shape index (κ3) is 6.53. The van der Waals surface area contributed by atoms with Gasteiger partial charge in [-0.3, -0.25) is 0 Å². The first-order chi connectivity index (χ1) is 18.0. The summed E-state index contributed by atoms with van der Waals surface area (Å²) in [4.78, 5) is 14.3. The minimum Gasteiger partial charge on any atom is -0.467 e. The Morgan fingerprint density at radius 3 is 2.50 bits per heavy atom. The molecule has 1 aliphatic heterocycles. The van der Waals surface area contributed by atoms with Gasteiger partial charge in [-0.25, -0.2) is 4.79 Å². The number of fused-ring (bicyclic) bond motifs is 1. The number of methoxy groups -OCH3 is 1. The maximum atomic E-state index is 13.4. The summed E-state index contributed by atoms with van der Waals surface area (Å²) in [7, 11) is 1.40. The Morgan fingerprint density at radius 1 is 1.08 bits per heavy atom. The van der Waals surface area contributed by atoms with E-state index in [-0.39, 0.29) is 24.6 Å². The summed E-state index contributed by atoms with van der Waals surface area (Å²) in [5, 5.41) is 10.6. The number of amides is 1. The lowest BCUT2D eigenvalue weighted by Crippen LogP contribution is -2.43. The van der Waals surface area contributed by atoms with E-state index in [4.69, 9.17) is 14.2 Å². The number of carbonyl (C=O) groups excluding carboxylic acids is 1. The fourth-order valence-corrected chi connectivity index (χ4v) is 4.64. The van der Waals surface area contributed by atoms with Gasteiger partial charge in [-0.2, -0.15) is 18.3 Å². The van der Waals surface area contributed by atoms with Crippen molar-refractivity contribution in [3.63, 3.8) is 0 Å². The van der Waals surface area contributed by atoms with Crippen molar-refractivity contribution in [2.24, 2.45) is 5.92 Å². The van der Waals surface area contributed by atoms with Gasteiger partial charge in [-0.05, 0) is 64.2 Å². The predicted molar refractivity (Wildman–Crippen MR) is 137 cm³/mol. The second-order valence-electron chi connectivity index (χ2n) is 10.4. The lowest BCUT2D eigenvalue weighted by Gasteiger charge is -2.34. The van der Waals surface area contributed by atoms with Gasteiger partial charge in [0.25, 0.3) is 0 Å². The number of nitrogens with zero attached hydrogens (tertiary/aromatic N) is 3. The average molecular weight is 532 g/mol. The van der Waals surface area contributed by atoms with Crippen LogP contribution in [0.3, 0.4) is 0 Å². The summed E-state index contributed by atoms with van der Waals surface area (Å²) in [5.74, 6) is 0.181. The molecule has 7 nitrogen and oxygen atoms in total. The number of halogens is 3. The molecule has 38 heavy (non-hydrogen) atoms. The molecule has 1 saturated heterocycles. The van der Waals surface area contributed by atoms with Gasteiger partial charge in [0.2, 0.25) is 0 Å². The number of hydrogen-bond acceptors (Lipinski definition) is 6. The molecular formula is C28H32F3N3O4. The first-order valence-electron chi connectivity index (χ1n) is 12.5. The van der Waals surface area contributed by atoms with Gasteiger partial charge in [0.05, 0.1) is 11.3 Å². The van der Waals surface area contributed by atoms with Crippen molar-refractivity contribution in [2.45, 2.75) is 51.8 Å². The van der Waals surface area contributed by atoms with E-state index in [2.05, 4.69) is 10.2 Å². The van der Waals surface area contributed by atoms with Crippen molar-refractivity contribution >= 4 is 16.9 Å². The molecule has 1 fully saturated rings. The molecule has 1 aliphatic rings. The van der Waals surface area contributed by atoms with E-state index in [1.54, 1.807) is 4.90 Å². The summed E-state index contributed by atoms with van der Waals surface area (Å²) in [5.41, 5.74) is 0.188. The molecule has 10 heteroatoms. The van der Waals surface area contributed by atoms with Gasteiger partial charge in [0, 0.05) is 36.5 Å². The molecular weight excluding hydrogens is 499 g/mol. The summed E-state index contributed by atoms with van der Waals surface area (Å²) in [6.45, 7) is 6.52. The Hall–Kier alpha value is -3.40. The van der Waals surface area contributed by atoms with Crippen LogP contribution in [0.25, 0.3) is 22.0 Å². The molecule has 204 valence electrons. The molecule has 1 unspecified atom stereocenters. The Kier molecular flexibility index (Phi) is 8.10. The minimum atomic E-state index is -4.52. The van der Waals surface area contributed by atoms with Crippen LogP contribution < -0.4 is 4.74 Å². The number of carbonyl (C=O) groups is 1. The lowest BCUT2D eigenvalue weighted by molar-refractivity contribution is -0.137. The molecule has 1 atom stereocenters. The predicted octanol–water partition coefficient (Wildman–Crippen LogP) is 6.49. The van der Waals surface area contributed by atoms with Crippen molar-refractivity contribution in [2.75, 3.05) is 27.0 Å². The largest absolute Gasteiger partial charge is 0.467 e. The molecule has 0 spiro atoms. The van der Waals surface area contributed by atoms with Gasteiger partial charge >= 0.3 is 12.3 Å². The molecule has 0 radical (unpaired) electrons. The maximum Gasteiger partial charge on any atom is 0.416 e. The average Bonchev–Trinajstić information content (AvgIpc) is 2.86. The molecule has 0 N–H and O–H groups in total. The van der Waals surface area contributed by atoms with Gasteiger partial charge in [0.15, 0.2) is 6.79 Å². The number of piperidine rings is 1. The first kappa shape index (κ1) is 27.6. The van der Waals surface area contributed by atoms with Crippen molar-refractivity contribution in [1.82, 2.24) is 15.1 Å². The van der Waals surface area contributed by atoms with E-state index in [0.717, 1.165) is 41.4 Å². The fraction of sp³-hybridized carbons (Fsp3) is 0.464. The number of likely N-dealkylation sites (tertiary alicyclic amines) is 1. The highest BCUT2D eigenvalue weighted by Crippen LogP contribution is 2.39. The minimum absolute atomic E-state index is 0.00848. The van der Waals surface area contributed by atoms with Crippen LogP contribution in [0.5, 0.6) is 5.75 Å². The number of benzene rings is 2. The second kappa shape index (κ2) is 11.1. The van der Waals surface area contributed by atoms with Crippen LogP contribution in [-0.4, -0.2) is 53.8 Å². The van der Waals surface area contributed by atoms with E-state index >= 15 is 0 Å². The van der Waals surface area contributed by atoms with Crippen molar-refractivity contribution < 1.29 is 32.2 Å². The maximum absolute atomic E-state index is 13.4. The SMILES string of the molecule is COCOc1cc(C(F)(F)F)ccc1-c1nnc(CC2CCCN(C(=O)OC(C)(C)C)C2)c2ccccc12. The molecule has 1 aromatic heterocycles. The number of alkyl halides is 3. The Morgan fingerprint density at radius 2 is 1.82 bits per heavy atom. The summed E-state index contributed by atoms with van der Waals surface area (Å²) in [6, 6.07) is 10.8. The monoisotopic (exact) mass is 531 g/mol. The second-order valence-corrected chi connectivity index (χ2v) is 10.4. The molecule has 0 bridgehead atoms. The number of ether oxygens (including phenoxy) is 3. The molecule has 2 aromatic carbocycles. The highest BCUT2D eigenvalue weighted by atomic mass is 19.4. The van der Waals surface area contributed by atoms with Crippen molar-refractivity contribution in [1.29, 1.82) is 0 Å². The molecule has 0 aliphatic carbocycles. The van der Waals surface area contributed by atoms with E-state index in [0.29, 0.717) is 30.8 Å². The lowest BCUT2D eigenvalue weighted by atomic mass is 9.91. The molecule has 2 heterocycles. The van der Waals surface area contributed by atoms with Gasteiger partial charge in [-0.1, -0.05) is 24.3 Å². The van der Waals surface area contributed by atoms with E-state index in [9.17, 15) is 18.0 Å². The van der Waals surface area contributed by atoms with E-state index in [1.807, 2.05) is 45.0 Å². The Labute approximate surface area is 219 Å². The number of rotatable bonds is 6. The summed E-state index contributed by atoms with van der Waals surface area (Å²) >= 11 is 0. The molecule has 0 saturated carbocycles. The van der Waals surface area contributed by atoms with Crippen LogP contribution in [-0.2, 0) is 22.1 Å². The fourth-order valence-electron chi connectivity index (χ4n) is 4.64. The van der Waals surface area contributed by atoms with Crippen LogP contribution >= 0.6 is 0 Å². The van der Waals surface area contributed by atoms with E-state index < -0.39 is 17.3 Å². The third-order valence-corrected chi connectivity index (χ3v) is 6.31. The topological polar surface area (TPSA) is 73.8 Å². The highest BCUT2D eigenvalue weighted by molar-refractivity contribution is 5.96. The van der Waals surface area contributed by atoms with Crippen molar-refractivity contribution in [3.05, 3.63) is 53.7 Å². The summed E-state index contributed by atoms with van der Waals surface area (Å²) < 4.78 is 56.1. The van der Waals surface area contributed by atoms with Crippen LogP contribution in [0.2, 0.25) is 0 Å². The van der Waals surface area contributed by atoms with Crippen LogP contribution in [0.15, 0.2) is 42.5 Å². The highest BCUT2D eigenvalue weighted by Gasteiger charge is 2.32. The number of aromatic nitrogens is 2. The quantitative estimate of drug-likeness (QED) is 0.339. The third-order valence-electron chi connectivity index (χ3n) is 6.31. The van der Waals surface area contributed by atoms with Gasteiger partial charge in [-0.15, -0.1) is 5.10 Å². The zero-order valence-electron chi connectivity index (χ0n) is 22.0. The normalized spacial score (nSPS) is 16.5. The number of hydrogen-bond donors (Lipinski definition) is 0. The molecule has 4 rings (SSSR count). The van der Waals surface area contributed by atoms with Gasteiger partial charge < -0.3 is 19.1 Å². The standard InChI is InChI=1S/C28H32F3N3O4/c1-27(2,3)38-26(35)34-13-7-8-18(16-34)14-23-20-9-5-6-10-21(20)25(33-32-23)22-12-11-19(28(29,30)31)15-24(22)37-17-36-4/h5-6,9-12,15,18H,7-8,13-14,16-17H2,1-4H3.